The highest BCUT2D eigenvalue weighted by atomic mass is 79.9. The van der Waals surface area contributed by atoms with Crippen LogP contribution < -0.4 is 5.73 Å². The molecule has 2 N–H and O–H groups in total. The van der Waals surface area contributed by atoms with Crippen LogP contribution in [0, 0.1) is 0 Å². The molecular weight excluding hydrogens is 246 g/mol. The fourth-order valence-electron chi connectivity index (χ4n) is 1.55. The van der Waals surface area contributed by atoms with Gasteiger partial charge in [0.2, 0.25) is 0 Å². The van der Waals surface area contributed by atoms with Crippen molar-refractivity contribution in [1.82, 2.24) is 10.2 Å². The van der Waals surface area contributed by atoms with E-state index in [2.05, 4.69) is 26.1 Å². The first-order valence-corrected chi connectivity index (χ1v) is 5.44. The summed E-state index contributed by atoms with van der Waals surface area (Å²) in [6, 6.07) is 1.91. The van der Waals surface area contributed by atoms with Crippen molar-refractivity contribution in [3.05, 3.63) is 16.2 Å². The first-order chi connectivity index (χ1) is 6.75. The second-order valence-electron chi connectivity index (χ2n) is 3.41. The molecule has 1 aromatic rings. The number of nitrogen functional groups attached to an aromatic ring is 1. The van der Waals surface area contributed by atoms with Crippen LogP contribution in [0.3, 0.4) is 0 Å². The summed E-state index contributed by atoms with van der Waals surface area (Å²) in [6.07, 6.45) is 3.39. The number of nitrogens with two attached hydrogens (primary N) is 1. The molecule has 76 valence electrons. The third-order valence-electron chi connectivity index (χ3n) is 2.29. The molecule has 0 spiro atoms. The van der Waals surface area contributed by atoms with Gasteiger partial charge in [-0.3, -0.25) is 0 Å². The van der Waals surface area contributed by atoms with E-state index in [-0.39, 0.29) is 0 Å². The molecule has 0 saturated carbocycles. The second kappa shape index (κ2) is 4.23. The van der Waals surface area contributed by atoms with E-state index in [1.165, 1.54) is 0 Å². The van der Waals surface area contributed by atoms with E-state index in [0.717, 1.165) is 36.0 Å². The van der Waals surface area contributed by atoms with Crippen molar-refractivity contribution in [1.29, 1.82) is 0 Å². The molecule has 5 heteroatoms. The molecule has 1 aromatic heterocycles. The fraction of sp³-hybridized carbons (Fsp3) is 0.556. The second-order valence-corrected chi connectivity index (χ2v) is 4.26. The minimum Gasteiger partial charge on any atom is -0.381 e. The van der Waals surface area contributed by atoms with Gasteiger partial charge in [-0.15, -0.1) is 5.10 Å². The lowest BCUT2D eigenvalue weighted by Crippen LogP contribution is -2.11. The Labute approximate surface area is 91.0 Å². The number of ether oxygens (including phenoxy) is 1. The third kappa shape index (κ3) is 2.22. The fourth-order valence-corrected chi connectivity index (χ4v) is 1.90. The number of anilines is 1. The number of halogens is 1. The van der Waals surface area contributed by atoms with Crippen LogP contribution >= 0.6 is 15.9 Å². The molecule has 0 aliphatic carbocycles. The van der Waals surface area contributed by atoms with Crippen LogP contribution in [0.15, 0.2) is 10.5 Å². The topological polar surface area (TPSA) is 61.0 Å². The molecule has 0 aromatic carbocycles. The molecule has 2 heterocycles. The summed E-state index contributed by atoms with van der Waals surface area (Å²) in [5, 5.41) is 7.86. The quantitative estimate of drug-likeness (QED) is 0.874. The summed E-state index contributed by atoms with van der Waals surface area (Å²) in [6.45, 7) is 0.869. The van der Waals surface area contributed by atoms with Crippen LogP contribution in [0.2, 0.25) is 0 Å². The van der Waals surface area contributed by atoms with Gasteiger partial charge in [-0.2, -0.15) is 5.10 Å². The van der Waals surface area contributed by atoms with E-state index in [4.69, 9.17) is 10.5 Å². The van der Waals surface area contributed by atoms with Crippen molar-refractivity contribution in [3.8, 4) is 0 Å². The predicted octanol–water partition coefficient (Wildman–Crippen LogP) is 1.54. The summed E-state index contributed by atoms with van der Waals surface area (Å²) in [5.74, 6) is 0.432. The van der Waals surface area contributed by atoms with E-state index in [9.17, 15) is 0 Å². The average molecular weight is 258 g/mol. The summed E-state index contributed by atoms with van der Waals surface area (Å²) in [7, 11) is 0. The molecule has 14 heavy (non-hydrogen) atoms. The highest BCUT2D eigenvalue weighted by Crippen LogP contribution is 2.20. The minimum absolute atomic E-state index is 0.305. The van der Waals surface area contributed by atoms with Crippen molar-refractivity contribution >= 4 is 21.7 Å². The maximum absolute atomic E-state index is 5.55. The van der Waals surface area contributed by atoms with Crippen molar-refractivity contribution < 1.29 is 4.74 Å². The monoisotopic (exact) mass is 257 g/mol. The zero-order valence-corrected chi connectivity index (χ0v) is 9.33. The Balaban J connectivity index is 2.05. The molecule has 2 rings (SSSR count). The van der Waals surface area contributed by atoms with Gasteiger partial charge in [-0.1, -0.05) is 0 Å². The smallest absolute Gasteiger partial charge is 0.160 e. The number of hydrogen-bond acceptors (Lipinski definition) is 4. The van der Waals surface area contributed by atoms with Crippen molar-refractivity contribution in [3.63, 3.8) is 0 Å². The summed E-state index contributed by atoms with van der Waals surface area (Å²) in [5.41, 5.74) is 6.47. The Hall–Kier alpha value is -0.680. The highest BCUT2D eigenvalue weighted by Gasteiger charge is 2.17. The highest BCUT2D eigenvalue weighted by molar-refractivity contribution is 9.10. The van der Waals surface area contributed by atoms with Gasteiger partial charge in [0.25, 0.3) is 0 Å². The van der Waals surface area contributed by atoms with Crippen LogP contribution in [-0.4, -0.2) is 22.9 Å². The van der Waals surface area contributed by atoms with Gasteiger partial charge in [-0.25, -0.2) is 0 Å². The van der Waals surface area contributed by atoms with E-state index in [1.807, 2.05) is 6.07 Å². The number of nitrogens with zero attached hydrogens (tertiary/aromatic N) is 2. The van der Waals surface area contributed by atoms with E-state index in [0.29, 0.717) is 11.9 Å². The van der Waals surface area contributed by atoms with Crippen molar-refractivity contribution in [2.75, 3.05) is 12.3 Å². The molecule has 1 atom stereocenters. The van der Waals surface area contributed by atoms with Gasteiger partial charge < -0.3 is 10.5 Å². The average Bonchev–Trinajstić information content (AvgIpc) is 2.64. The van der Waals surface area contributed by atoms with Crippen LogP contribution in [0.1, 0.15) is 18.5 Å². The Bertz CT molecular complexity index is 326. The SMILES string of the molecule is Nc1nnc(CC2CCCO2)cc1Br. The Morgan fingerprint density at radius 2 is 2.43 bits per heavy atom. The molecule has 1 aliphatic rings. The molecule has 0 bridgehead atoms. The standard InChI is InChI=1S/C9H12BrN3O/c10-8-5-6(12-13-9(8)11)4-7-2-1-3-14-7/h5,7H,1-4H2,(H2,11,13). The largest absolute Gasteiger partial charge is 0.381 e. The van der Waals surface area contributed by atoms with Gasteiger partial charge in [0.1, 0.15) is 0 Å². The summed E-state index contributed by atoms with van der Waals surface area (Å²) < 4.78 is 6.32. The third-order valence-corrected chi connectivity index (χ3v) is 2.92. The lowest BCUT2D eigenvalue weighted by molar-refractivity contribution is 0.110. The van der Waals surface area contributed by atoms with Gasteiger partial charge in [0.15, 0.2) is 5.82 Å². The Kier molecular flexibility index (Phi) is 2.98. The molecule has 0 amide bonds. The first-order valence-electron chi connectivity index (χ1n) is 4.65. The van der Waals surface area contributed by atoms with Crippen molar-refractivity contribution in [2.24, 2.45) is 0 Å². The van der Waals surface area contributed by atoms with Gasteiger partial charge in [0.05, 0.1) is 16.3 Å². The summed E-state index contributed by atoms with van der Waals surface area (Å²) in [4.78, 5) is 0. The van der Waals surface area contributed by atoms with E-state index in [1.54, 1.807) is 0 Å². The Morgan fingerprint density at radius 3 is 3.07 bits per heavy atom. The number of aromatic nitrogens is 2. The molecule has 1 saturated heterocycles. The van der Waals surface area contributed by atoms with Crippen LogP contribution in [0.5, 0.6) is 0 Å². The number of hydrogen-bond donors (Lipinski definition) is 1. The number of rotatable bonds is 2. The molecule has 1 unspecified atom stereocenters. The molecular formula is C9H12BrN3O. The zero-order valence-electron chi connectivity index (χ0n) is 7.74. The maximum Gasteiger partial charge on any atom is 0.160 e. The molecule has 1 aliphatic heterocycles. The maximum atomic E-state index is 5.55. The Morgan fingerprint density at radius 1 is 1.57 bits per heavy atom. The molecule has 0 radical (unpaired) electrons. The zero-order chi connectivity index (χ0) is 9.97. The molecule has 4 nitrogen and oxygen atoms in total. The lowest BCUT2D eigenvalue weighted by atomic mass is 10.1. The minimum atomic E-state index is 0.305. The van der Waals surface area contributed by atoms with Crippen LogP contribution in [-0.2, 0) is 11.2 Å². The van der Waals surface area contributed by atoms with Gasteiger partial charge in [0, 0.05) is 13.0 Å². The van der Waals surface area contributed by atoms with Crippen LogP contribution in [0.25, 0.3) is 0 Å². The van der Waals surface area contributed by atoms with Crippen molar-refractivity contribution in [2.45, 2.75) is 25.4 Å². The van der Waals surface area contributed by atoms with Crippen LogP contribution in [0.4, 0.5) is 5.82 Å². The van der Waals surface area contributed by atoms with E-state index < -0.39 is 0 Å². The lowest BCUT2D eigenvalue weighted by Gasteiger charge is -2.08. The normalized spacial score (nSPS) is 21.4. The van der Waals surface area contributed by atoms with Gasteiger partial charge >= 0.3 is 0 Å². The first kappa shape index (κ1) is 9.86. The van der Waals surface area contributed by atoms with E-state index >= 15 is 0 Å². The summed E-state index contributed by atoms with van der Waals surface area (Å²) >= 11 is 3.33. The molecule has 1 fully saturated rings. The predicted molar refractivity (Wildman–Crippen MR) is 56.8 cm³/mol. The van der Waals surface area contributed by atoms with Gasteiger partial charge in [-0.05, 0) is 34.8 Å².